The lowest BCUT2D eigenvalue weighted by atomic mass is 9.66. The highest BCUT2D eigenvalue weighted by molar-refractivity contribution is 5.81. The number of hydrogen-bond donors (Lipinski definition) is 1. The molecule has 1 saturated heterocycles. The van der Waals surface area contributed by atoms with Crippen LogP contribution in [-0.2, 0) is 14.9 Å². The monoisotopic (exact) mass is 261 g/mol. The molecule has 0 amide bonds. The van der Waals surface area contributed by atoms with Gasteiger partial charge in [0.2, 0.25) is 0 Å². The normalized spacial score (nSPS) is 22.4. The summed E-state index contributed by atoms with van der Waals surface area (Å²) < 4.78 is 5.37. The molecule has 2 fully saturated rings. The van der Waals surface area contributed by atoms with Crippen LogP contribution in [0, 0.1) is 5.41 Å². The summed E-state index contributed by atoms with van der Waals surface area (Å²) in [4.78, 5) is 13.6. The van der Waals surface area contributed by atoms with Gasteiger partial charge in [0.25, 0.3) is 0 Å². The van der Waals surface area contributed by atoms with Crippen molar-refractivity contribution in [2.75, 3.05) is 32.2 Å². The van der Waals surface area contributed by atoms with Crippen LogP contribution >= 0.6 is 0 Å². The molecule has 1 saturated carbocycles. The van der Waals surface area contributed by atoms with Crippen molar-refractivity contribution in [3.8, 4) is 0 Å². The molecule has 0 spiro atoms. The molecule has 1 aromatic rings. The van der Waals surface area contributed by atoms with Gasteiger partial charge in [-0.25, -0.2) is 0 Å². The Balaban J connectivity index is 1.97. The fourth-order valence-electron chi connectivity index (χ4n) is 3.13. The van der Waals surface area contributed by atoms with Crippen LogP contribution < -0.4 is 4.90 Å². The molecule has 3 rings (SSSR count). The largest absolute Gasteiger partial charge is 0.481 e. The number of rotatable bonds is 4. The first-order valence-corrected chi connectivity index (χ1v) is 6.61. The van der Waals surface area contributed by atoms with Crippen LogP contribution in [0.2, 0.25) is 0 Å². The summed E-state index contributed by atoms with van der Waals surface area (Å²) in [5.41, 5.74) is 1.32. The predicted molar refractivity (Wildman–Crippen MR) is 72.6 cm³/mol. The van der Waals surface area contributed by atoms with Gasteiger partial charge in [0.05, 0.1) is 24.0 Å². The Morgan fingerprint density at radius 2 is 1.79 bits per heavy atom. The molecule has 4 nitrogen and oxygen atoms in total. The number of carboxylic acid groups (broad SMARTS) is 1. The number of aliphatic carboxylic acids is 1. The first kappa shape index (κ1) is 12.5. The minimum atomic E-state index is -0.674. The maximum absolute atomic E-state index is 11.6. The van der Waals surface area contributed by atoms with E-state index in [0.717, 1.165) is 24.1 Å². The molecule has 102 valence electrons. The highest BCUT2D eigenvalue weighted by atomic mass is 16.5. The van der Waals surface area contributed by atoms with E-state index >= 15 is 0 Å². The number of benzene rings is 1. The second kappa shape index (κ2) is 3.97. The topological polar surface area (TPSA) is 49.8 Å². The number of ether oxygens (including phenoxy) is 1. The summed E-state index contributed by atoms with van der Waals surface area (Å²) >= 11 is 0. The van der Waals surface area contributed by atoms with Crippen molar-refractivity contribution in [3.63, 3.8) is 0 Å². The quantitative estimate of drug-likeness (QED) is 0.899. The van der Waals surface area contributed by atoms with Crippen LogP contribution in [0.1, 0.15) is 18.4 Å². The molecule has 1 aromatic carbocycles. The summed E-state index contributed by atoms with van der Waals surface area (Å²) in [6.07, 6.45) is 1.53. The standard InChI is InChI=1S/C15H19NO3/c1-16(2)12-5-3-11(4-6-12)15(9-19-10-15)14(7-8-14)13(17)18/h3-6H,7-10H2,1-2H3,(H,17,18). The zero-order chi connectivity index (χ0) is 13.7. The Hall–Kier alpha value is -1.55. The van der Waals surface area contributed by atoms with E-state index in [4.69, 9.17) is 4.74 Å². The van der Waals surface area contributed by atoms with Gasteiger partial charge in [-0.15, -0.1) is 0 Å². The van der Waals surface area contributed by atoms with Gasteiger partial charge >= 0.3 is 5.97 Å². The Labute approximate surface area is 113 Å². The van der Waals surface area contributed by atoms with Crippen LogP contribution in [0.4, 0.5) is 5.69 Å². The minimum Gasteiger partial charge on any atom is -0.481 e. The van der Waals surface area contributed by atoms with Crippen molar-refractivity contribution in [3.05, 3.63) is 29.8 Å². The highest BCUT2D eigenvalue weighted by Gasteiger charge is 2.68. The van der Waals surface area contributed by atoms with E-state index in [9.17, 15) is 9.90 Å². The van der Waals surface area contributed by atoms with Gasteiger partial charge in [0.15, 0.2) is 0 Å². The number of nitrogens with zero attached hydrogens (tertiary/aromatic N) is 1. The number of carbonyl (C=O) groups is 1. The maximum atomic E-state index is 11.6. The van der Waals surface area contributed by atoms with Gasteiger partial charge in [0.1, 0.15) is 0 Å². The van der Waals surface area contributed by atoms with Gasteiger partial charge in [-0.1, -0.05) is 12.1 Å². The van der Waals surface area contributed by atoms with Crippen molar-refractivity contribution in [2.45, 2.75) is 18.3 Å². The molecule has 1 aliphatic carbocycles. The van der Waals surface area contributed by atoms with Gasteiger partial charge in [-0.3, -0.25) is 4.79 Å². The number of hydrogen-bond acceptors (Lipinski definition) is 3. The lowest BCUT2D eigenvalue weighted by Gasteiger charge is -2.46. The van der Waals surface area contributed by atoms with E-state index in [-0.39, 0.29) is 5.41 Å². The first-order chi connectivity index (χ1) is 9.02. The lowest BCUT2D eigenvalue weighted by molar-refractivity contribution is -0.161. The highest BCUT2D eigenvalue weighted by Crippen LogP contribution is 2.62. The molecule has 4 heteroatoms. The average Bonchev–Trinajstić information content (AvgIpc) is 3.10. The van der Waals surface area contributed by atoms with Gasteiger partial charge in [-0.2, -0.15) is 0 Å². The van der Waals surface area contributed by atoms with Crippen molar-refractivity contribution in [2.24, 2.45) is 5.41 Å². The van der Waals surface area contributed by atoms with E-state index < -0.39 is 11.4 Å². The molecule has 1 N–H and O–H groups in total. The number of anilines is 1. The summed E-state index contributed by atoms with van der Waals surface area (Å²) in [7, 11) is 3.99. The van der Waals surface area contributed by atoms with Gasteiger partial charge in [0, 0.05) is 19.8 Å². The summed E-state index contributed by atoms with van der Waals surface area (Å²) in [5, 5.41) is 9.54. The molecule has 2 aliphatic rings. The van der Waals surface area contributed by atoms with E-state index in [1.165, 1.54) is 0 Å². The van der Waals surface area contributed by atoms with E-state index in [0.29, 0.717) is 13.2 Å². The van der Waals surface area contributed by atoms with Crippen molar-refractivity contribution < 1.29 is 14.6 Å². The van der Waals surface area contributed by atoms with Crippen LogP contribution in [0.25, 0.3) is 0 Å². The second-order valence-electron chi connectivity index (χ2n) is 5.90. The van der Waals surface area contributed by atoms with Crippen LogP contribution in [0.15, 0.2) is 24.3 Å². The zero-order valence-corrected chi connectivity index (χ0v) is 11.3. The fourth-order valence-corrected chi connectivity index (χ4v) is 3.13. The average molecular weight is 261 g/mol. The summed E-state index contributed by atoms with van der Waals surface area (Å²) in [5.74, 6) is -0.674. The minimum absolute atomic E-state index is 0.316. The SMILES string of the molecule is CN(C)c1ccc(C2(C3(C(=O)O)CC3)COC2)cc1. The van der Waals surface area contributed by atoms with Gasteiger partial charge in [-0.05, 0) is 30.5 Å². The van der Waals surface area contributed by atoms with Gasteiger partial charge < -0.3 is 14.7 Å². The molecular weight excluding hydrogens is 242 g/mol. The molecule has 1 aliphatic heterocycles. The Morgan fingerprint density at radius 1 is 1.21 bits per heavy atom. The van der Waals surface area contributed by atoms with Crippen LogP contribution in [-0.4, -0.2) is 38.4 Å². The second-order valence-corrected chi connectivity index (χ2v) is 5.90. The van der Waals surface area contributed by atoms with Crippen LogP contribution in [0.3, 0.4) is 0 Å². The molecule has 0 aromatic heterocycles. The lowest BCUT2D eigenvalue weighted by Crippen LogP contribution is -2.56. The first-order valence-electron chi connectivity index (χ1n) is 6.61. The third-order valence-corrected chi connectivity index (χ3v) is 4.71. The maximum Gasteiger partial charge on any atom is 0.310 e. The molecule has 0 unspecified atom stereocenters. The van der Waals surface area contributed by atoms with E-state index in [1.807, 2.05) is 31.1 Å². The molecule has 0 atom stereocenters. The summed E-state index contributed by atoms with van der Waals surface area (Å²) in [6.45, 7) is 1.06. The molecular formula is C15H19NO3. The summed E-state index contributed by atoms with van der Waals surface area (Å²) in [6, 6.07) is 8.21. The Morgan fingerprint density at radius 3 is 2.11 bits per heavy atom. The fraction of sp³-hybridized carbons (Fsp3) is 0.533. The molecule has 0 radical (unpaired) electrons. The Bertz CT molecular complexity index is 499. The smallest absolute Gasteiger partial charge is 0.310 e. The third-order valence-electron chi connectivity index (χ3n) is 4.71. The van der Waals surface area contributed by atoms with Crippen molar-refractivity contribution in [1.29, 1.82) is 0 Å². The Kier molecular flexibility index (Phi) is 2.61. The zero-order valence-electron chi connectivity index (χ0n) is 11.3. The molecule has 0 bridgehead atoms. The predicted octanol–water partition coefficient (Wildman–Crippen LogP) is 1.89. The molecule has 1 heterocycles. The number of carboxylic acids is 1. The third kappa shape index (κ3) is 1.59. The molecule has 19 heavy (non-hydrogen) atoms. The van der Waals surface area contributed by atoms with Crippen LogP contribution in [0.5, 0.6) is 0 Å². The van der Waals surface area contributed by atoms with Crippen molar-refractivity contribution >= 4 is 11.7 Å². The van der Waals surface area contributed by atoms with E-state index in [2.05, 4.69) is 12.1 Å². The van der Waals surface area contributed by atoms with E-state index in [1.54, 1.807) is 0 Å². The van der Waals surface area contributed by atoms with Crippen molar-refractivity contribution in [1.82, 2.24) is 0 Å².